The van der Waals surface area contributed by atoms with Crippen molar-refractivity contribution in [2.24, 2.45) is 5.92 Å². The fraction of sp³-hybridized carbons (Fsp3) is 0.538. The van der Waals surface area contributed by atoms with Crippen LogP contribution in [0, 0.1) is 15.3 Å². The summed E-state index contributed by atoms with van der Waals surface area (Å²) in [5, 5.41) is 3.55. The van der Waals surface area contributed by atoms with Crippen LogP contribution in [-0.4, -0.2) is 6.04 Å². The van der Waals surface area contributed by atoms with Gasteiger partial charge in [-0.2, -0.15) is 0 Å². The van der Waals surface area contributed by atoms with Gasteiger partial charge in [-0.15, -0.1) is 0 Å². The molecule has 0 amide bonds. The van der Waals surface area contributed by atoms with Crippen molar-refractivity contribution in [1.82, 2.24) is 0 Å². The summed E-state index contributed by atoms with van der Waals surface area (Å²) in [7, 11) is 0. The molecule has 1 fully saturated rings. The van der Waals surface area contributed by atoms with Gasteiger partial charge in [-0.05, 0) is 59.5 Å². The minimum Gasteiger partial charge on any atom is -0.381 e. The molecule has 3 heteroatoms. The van der Waals surface area contributed by atoms with Crippen LogP contribution in [0.25, 0.3) is 0 Å². The van der Waals surface area contributed by atoms with Crippen molar-refractivity contribution < 1.29 is 4.39 Å². The van der Waals surface area contributed by atoms with Crippen LogP contribution in [0.2, 0.25) is 0 Å². The van der Waals surface area contributed by atoms with E-state index in [-0.39, 0.29) is 5.82 Å². The van der Waals surface area contributed by atoms with E-state index in [4.69, 9.17) is 0 Å². The van der Waals surface area contributed by atoms with Gasteiger partial charge in [-0.1, -0.05) is 19.8 Å². The molecule has 1 N–H and O–H groups in total. The van der Waals surface area contributed by atoms with Gasteiger partial charge >= 0.3 is 0 Å². The highest BCUT2D eigenvalue weighted by molar-refractivity contribution is 14.1. The summed E-state index contributed by atoms with van der Waals surface area (Å²) in [5.41, 5.74) is 1.07. The zero-order valence-corrected chi connectivity index (χ0v) is 11.6. The third kappa shape index (κ3) is 2.87. The highest BCUT2D eigenvalue weighted by Gasteiger charge is 2.21. The third-order valence-electron chi connectivity index (χ3n) is 3.38. The normalized spacial score (nSPS) is 25.4. The van der Waals surface area contributed by atoms with Crippen LogP contribution >= 0.6 is 22.6 Å². The van der Waals surface area contributed by atoms with Gasteiger partial charge in [-0.25, -0.2) is 4.39 Å². The van der Waals surface area contributed by atoms with Gasteiger partial charge in [0.05, 0.1) is 0 Å². The van der Waals surface area contributed by atoms with Crippen molar-refractivity contribution in [1.29, 1.82) is 0 Å². The molecule has 1 aliphatic carbocycles. The van der Waals surface area contributed by atoms with Crippen molar-refractivity contribution in [2.75, 3.05) is 5.32 Å². The number of anilines is 1. The molecule has 0 spiro atoms. The molecule has 2 atom stereocenters. The second-order valence-corrected chi connectivity index (χ2v) is 5.80. The summed E-state index contributed by atoms with van der Waals surface area (Å²) in [5.74, 6) is 0.557. The maximum atomic E-state index is 13.0. The van der Waals surface area contributed by atoms with Crippen LogP contribution in [0.5, 0.6) is 0 Å². The smallest absolute Gasteiger partial charge is 0.124 e. The first-order chi connectivity index (χ1) is 7.66. The highest BCUT2D eigenvalue weighted by Crippen LogP contribution is 2.28. The van der Waals surface area contributed by atoms with E-state index in [1.807, 2.05) is 6.07 Å². The molecule has 0 heterocycles. The minimum absolute atomic E-state index is 0.161. The molecular weight excluding hydrogens is 316 g/mol. The van der Waals surface area contributed by atoms with Gasteiger partial charge in [0.15, 0.2) is 0 Å². The summed E-state index contributed by atoms with van der Waals surface area (Å²) in [6, 6.07) is 5.50. The first-order valence-electron chi connectivity index (χ1n) is 5.88. The largest absolute Gasteiger partial charge is 0.381 e. The predicted molar refractivity (Wildman–Crippen MR) is 74.2 cm³/mol. The Bertz CT molecular complexity index is 367. The maximum absolute atomic E-state index is 13.0. The molecule has 1 aromatic carbocycles. The second-order valence-electron chi connectivity index (χ2n) is 4.64. The standard InChI is InChI=1S/C13H17FIN/c1-9-4-2-3-5-12(9)16-13-7-6-10(14)8-11(13)15/h6-9,12,16H,2-5H2,1H3. The van der Waals surface area contributed by atoms with Crippen LogP contribution in [0.1, 0.15) is 32.6 Å². The lowest BCUT2D eigenvalue weighted by Crippen LogP contribution is -2.30. The van der Waals surface area contributed by atoms with Gasteiger partial charge in [0, 0.05) is 15.3 Å². The number of nitrogens with one attached hydrogen (secondary N) is 1. The molecule has 88 valence electrons. The molecule has 1 aliphatic rings. The first kappa shape index (κ1) is 12.1. The van der Waals surface area contributed by atoms with Crippen LogP contribution in [0.15, 0.2) is 18.2 Å². The van der Waals surface area contributed by atoms with E-state index in [0.717, 1.165) is 15.2 Å². The average Bonchev–Trinajstić information content (AvgIpc) is 2.25. The summed E-state index contributed by atoms with van der Waals surface area (Å²) in [4.78, 5) is 0. The molecule has 2 unspecified atom stereocenters. The Labute approximate surface area is 110 Å². The second kappa shape index (κ2) is 5.34. The van der Waals surface area contributed by atoms with E-state index in [1.54, 1.807) is 6.07 Å². The lowest BCUT2D eigenvalue weighted by molar-refractivity contribution is 0.349. The number of hydrogen-bond acceptors (Lipinski definition) is 1. The molecule has 1 aromatic rings. The minimum atomic E-state index is -0.161. The van der Waals surface area contributed by atoms with E-state index < -0.39 is 0 Å². The summed E-state index contributed by atoms with van der Waals surface area (Å²) >= 11 is 2.19. The van der Waals surface area contributed by atoms with Crippen molar-refractivity contribution in [2.45, 2.75) is 38.6 Å². The molecule has 0 bridgehead atoms. The predicted octanol–water partition coefficient (Wildman–Crippen LogP) is 4.42. The van der Waals surface area contributed by atoms with Crippen LogP contribution in [-0.2, 0) is 0 Å². The van der Waals surface area contributed by atoms with Crippen LogP contribution < -0.4 is 5.32 Å². The lowest BCUT2D eigenvalue weighted by Gasteiger charge is -2.30. The Kier molecular flexibility index (Phi) is 4.05. The summed E-state index contributed by atoms with van der Waals surface area (Å²) < 4.78 is 13.9. The molecule has 16 heavy (non-hydrogen) atoms. The van der Waals surface area contributed by atoms with E-state index >= 15 is 0 Å². The van der Waals surface area contributed by atoms with E-state index in [0.29, 0.717) is 6.04 Å². The van der Waals surface area contributed by atoms with Gasteiger partial charge in [0.2, 0.25) is 0 Å². The highest BCUT2D eigenvalue weighted by atomic mass is 127. The molecule has 0 radical (unpaired) electrons. The molecule has 1 nitrogen and oxygen atoms in total. The van der Waals surface area contributed by atoms with Gasteiger partial charge in [-0.3, -0.25) is 0 Å². The van der Waals surface area contributed by atoms with Crippen LogP contribution in [0.3, 0.4) is 0 Å². The third-order valence-corrected chi connectivity index (χ3v) is 4.28. The first-order valence-corrected chi connectivity index (χ1v) is 6.96. The molecule has 0 aromatic heterocycles. The Hall–Kier alpha value is -0.320. The Morgan fingerprint density at radius 2 is 2.06 bits per heavy atom. The number of benzene rings is 1. The van der Waals surface area contributed by atoms with Gasteiger partial charge in [0.25, 0.3) is 0 Å². The zero-order valence-electron chi connectivity index (χ0n) is 9.47. The molecule has 0 aliphatic heterocycles. The van der Waals surface area contributed by atoms with Crippen molar-refractivity contribution in [3.8, 4) is 0 Å². The van der Waals surface area contributed by atoms with Gasteiger partial charge in [0.1, 0.15) is 5.82 Å². The average molecular weight is 333 g/mol. The maximum Gasteiger partial charge on any atom is 0.124 e. The summed E-state index contributed by atoms with van der Waals surface area (Å²) in [6.45, 7) is 2.30. The molecule has 2 rings (SSSR count). The van der Waals surface area contributed by atoms with Crippen molar-refractivity contribution in [3.05, 3.63) is 27.6 Å². The molecular formula is C13H17FIN. The zero-order chi connectivity index (χ0) is 11.5. The number of halogens is 2. The van der Waals surface area contributed by atoms with E-state index in [2.05, 4.69) is 34.8 Å². The lowest BCUT2D eigenvalue weighted by atomic mass is 9.86. The quantitative estimate of drug-likeness (QED) is 0.790. The molecule has 0 saturated heterocycles. The van der Waals surface area contributed by atoms with E-state index in [9.17, 15) is 4.39 Å². The van der Waals surface area contributed by atoms with Crippen LogP contribution in [0.4, 0.5) is 10.1 Å². The Balaban J connectivity index is 2.07. The van der Waals surface area contributed by atoms with Crippen molar-refractivity contribution in [3.63, 3.8) is 0 Å². The Morgan fingerprint density at radius 1 is 1.31 bits per heavy atom. The fourth-order valence-electron chi connectivity index (χ4n) is 2.34. The number of rotatable bonds is 2. The topological polar surface area (TPSA) is 12.0 Å². The van der Waals surface area contributed by atoms with Crippen molar-refractivity contribution >= 4 is 28.3 Å². The molecule has 1 saturated carbocycles. The number of hydrogen-bond donors (Lipinski definition) is 1. The Morgan fingerprint density at radius 3 is 2.75 bits per heavy atom. The SMILES string of the molecule is CC1CCCCC1Nc1ccc(F)cc1I. The van der Waals surface area contributed by atoms with Gasteiger partial charge < -0.3 is 5.32 Å². The summed E-state index contributed by atoms with van der Waals surface area (Å²) in [6.07, 6.45) is 5.18. The fourth-order valence-corrected chi connectivity index (χ4v) is 2.97. The van der Waals surface area contributed by atoms with E-state index in [1.165, 1.54) is 31.7 Å². The monoisotopic (exact) mass is 333 g/mol.